The molecule has 0 saturated heterocycles. The van der Waals surface area contributed by atoms with Crippen molar-refractivity contribution in [1.82, 2.24) is 0 Å². The van der Waals surface area contributed by atoms with Gasteiger partial charge in [-0.2, -0.15) is 0 Å². The minimum atomic E-state index is 0.704. The molecule has 0 unspecified atom stereocenters. The number of rotatable bonds is 7. The van der Waals surface area contributed by atoms with E-state index in [1.165, 1.54) is 0 Å². The summed E-state index contributed by atoms with van der Waals surface area (Å²) in [6.45, 7) is 2.74. The third kappa shape index (κ3) is 3.97. The van der Waals surface area contributed by atoms with E-state index in [-0.39, 0.29) is 0 Å². The Morgan fingerprint density at radius 1 is 1.38 bits per heavy atom. The molecule has 0 aliphatic carbocycles. The molecular formula is C13H17BrO2. The monoisotopic (exact) mass is 284 g/mol. The first-order chi connectivity index (χ1) is 7.81. The van der Waals surface area contributed by atoms with Crippen molar-refractivity contribution in [1.29, 1.82) is 0 Å². The van der Waals surface area contributed by atoms with Crippen LogP contribution in [0, 0.1) is 0 Å². The van der Waals surface area contributed by atoms with Crippen molar-refractivity contribution in [3.63, 3.8) is 0 Å². The maximum absolute atomic E-state index is 10.9. The molecule has 0 heterocycles. The Labute approximate surface area is 105 Å². The lowest BCUT2D eigenvalue weighted by atomic mass is 10.1. The van der Waals surface area contributed by atoms with Crippen LogP contribution in [0.25, 0.3) is 0 Å². The Kier molecular flexibility index (Phi) is 6.16. The van der Waals surface area contributed by atoms with E-state index in [0.717, 1.165) is 47.8 Å². The van der Waals surface area contributed by atoms with E-state index in [4.69, 9.17) is 4.74 Å². The molecule has 0 aliphatic heterocycles. The Balaban J connectivity index is 2.57. The molecule has 0 aliphatic rings. The summed E-state index contributed by atoms with van der Waals surface area (Å²) in [4.78, 5) is 10.9. The molecule has 0 N–H and O–H groups in total. The number of ether oxygens (including phenoxy) is 1. The Hall–Kier alpha value is -0.830. The molecule has 1 aromatic carbocycles. The van der Waals surface area contributed by atoms with Gasteiger partial charge in [0.25, 0.3) is 0 Å². The molecule has 0 saturated carbocycles. The summed E-state index contributed by atoms with van der Waals surface area (Å²) >= 11 is 3.38. The highest BCUT2D eigenvalue weighted by Crippen LogP contribution is 2.17. The van der Waals surface area contributed by atoms with Crippen molar-refractivity contribution < 1.29 is 9.53 Å². The summed E-state index contributed by atoms with van der Waals surface area (Å²) in [6.07, 6.45) is 3.90. The number of hydrogen-bond donors (Lipinski definition) is 0. The number of carbonyl (C=O) groups is 1. The van der Waals surface area contributed by atoms with Gasteiger partial charge in [-0.05, 0) is 37.0 Å². The summed E-state index contributed by atoms with van der Waals surface area (Å²) in [6, 6.07) is 5.71. The molecule has 1 rings (SSSR count). The number of benzene rings is 1. The van der Waals surface area contributed by atoms with Crippen LogP contribution in [0.15, 0.2) is 18.2 Å². The summed E-state index contributed by atoms with van der Waals surface area (Å²) < 4.78 is 5.57. The predicted molar refractivity (Wildman–Crippen MR) is 69.7 cm³/mol. The van der Waals surface area contributed by atoms with Crippen molar-refractivity contribution in [2.24, 2.45) is 0 Å². The van der Waals surface area contributed by atoms with Crippen molar-refractivity contribution in [3.05, 3.63) is 29.3 Å². The van der Waals surface area contributed by atoms with Gasteiger partial charge in [0.2, 0.25) is 0 Å². The molecule has 88 valence electrons. The molecule has 1 aromatic rings. The standard InChI is InChI=1S/C13H17BrO2/c1-2-11-5-6-13(9-12(11)10-15)16-8-4-3-7-14/h5-6,9-10H,2-4,7-8H2,1H3. The van der Waals surface area contributed by atoms with E-state index in [2.05, 4.69) is 15.9 Å². The van der Waals surface area contributed by atoms with Gasteiger partial charge in [-0.3, -0.25) is 4.79 Å². The van der Waals surface area contributed by atoms with Gasteiger partial charge in [0, 0.05) is 10.9 Å². The first-order valence-electron chi connectivity index (χ1n) is 5.58. The molecule has 0 atom stereocenters. The van der Waals surface area contributed by atoms with Crippen molar-refractivity contribution in [2.45, 2.75) is 26.2 Å². The van der Waals surface area contributed by atoms with Crippen LogP contribution in [0.4, 0.5) is 0 Å². The third-order valence-corrected chi connectivity index (χ3v) is 2.98. The number of aldehydes is 1. The van der Waals surface area contributed by atoms with Crippen LogP contribution >= 0.6 is 15.9 Å². The fourth-order valence-corrected chi connectivity index (χ4v) is 1.88. The summed E-state index contributed by atoms with van der Waals surface area (Å²) in [5.74, 6) is 0.786. The number of alkyl halides is 1. The van der Waals surface area contributed by atoms with Crippen molar-refractivity contribution >= 4 is 22.2 Å². The average molecular weight is 285 g/mol. The van der Waals surface area contributed by atoms with Crippen LogP contribution in [0.2, 0.25) is 0 Å². The molecule has 0 aromatic heterocycles. The lowest BCUT2D eigenvalue weighted by Crippen LogP contribution is -1.99. The minimum absolute atomic E-state index is 0.704. The van der Waals surface area contributed by atoms with Gasteiger partial charge >= 0.3 is 0 Å². The van der Waals surface area contributed by atoms with Crippen LogP contribution in [0.5, 0.6) is 5.75 Å². The Bertz CT molecular complexity index is 337. The molecule has 0 fully saturated rings. The topological polar surface area (TPSA) is 26.3 Å². The quantitative estimate of drug-likeness (QED) is 0.434. The van der Waals surface area contributed by atoms with E-state index in [1.54, 1.807) is 0 Å². The highest BCUT2D eigenvalue weighted by atomic mass is 79.9. The first kappa shape index (κ1) is 13.2. The first-order valence-corrected chi connectivity index (χ1v) is 6.70. The van der Waals surface area contributed by atoms with E-state index < -0.39 is 0 Å². The van der Waals surface area contributed by atoms with E-state index in [1.807, 2.05) is 25.1 Å². The lowest BCUT2D eigenvalue weighted by Gasteiger charge is -2.08. The Morgan fingerprint density at radius 3 is 2.81 bits per heavy atom. The van der Waals surface area contributed by atoms with E-state index in [9.17, 15) is 4.79 Å². The highest BCUT2D eigenvalue weighted by molar-refractivity contribution is 9.09. The second kappa shape index (κ2) is 7.44. The normalized spacial score (nSPS) is 10.1. The maximum atomic E-state index is 10.9. The summed E-state index contributed by atoms with van der Waals surface area (Å²) in [5, 5.41) is 1.00. The van der Waals surface area contributed by atoms with Gasteiger partial charge < -0.3 is 4.74 Å². The minimum Gasteiger partial charge on any atom is -0.494 e. The molecule has 16 heavy (non-hydrogen) atoms. The van der Waals surface area contributed by atoms with E-state index in [0.29, 0.717) is 6.61 Å². The van der Waals surface area contributed by atoms with E-state index >= 15 is 0 Å². The van der Waals surface area contributed by atoms with Gasteiger partial charge in [-0.15, -0.1) is 0 Å². The summed E-state index contributed by atoms with van der Waals surface area (Å²) in [5.41, 5.74) is 1.81. The van der Waals surface area contributed by atoms with Gasteiger partial charge in [0.15, 0.2) is 0 Å². The van der Waals surface area contributed by atoms with Gasteiger partial charge in [0.05, 0.1) is 6.61 Å². The fraction of sp³-hybridized carbons (Fsp3) is 0.462. The SMILES string of the molecule is CCc1ccc(OCCCCBr)cc1C=O. The van der Waals surface area contributed by atoms with Gasteiger partial charge in [-0.25, -0.2) is 0 Å². The smallest absolute Gasteiger partial charge is 0.150 e. The van der Waals surface area contributed by atoms with Gasteiger partial charge in [0.1, 0.15) is 12.0 Å². The average Bonchev–Trinajstić information content (AvgIpc) is 2.34. The second-order valence-electron chi connectivity index (χ2n) is 3.58. The third-order valence-electron chi connectivity index (χ3n) is 2.42. The molecule has 0 amide bonds. The van der Waals surface area contributed by atoms with Crippen LogP contribution in [0.1, 0.15) is 35.7 Å². The second-order valence-corrected chi connectivity index (χ2v) is 4.37. The molecule has 2 nitrogen and oxygen atoms in total. The fourth-order valence-electron chi connectivity index (χ4n) is 1.48. The van der Waals surface area contributed by atoms with Crippen LogP contribution in [0.3, 0.4) is 0 Å². The van der Waals surface area contributed by atoms with Crippen molar-refractivity contribution in [2.75, 3.05) is 11.9 Å². The van der Waals surface area contributed by atoms with Crippen LogP contribution in [-0.4, -0.2) is 18.2 Å². The number of unbranched alkanes of at least 4 members (excludes halogenated alkanes) is 1. The largest absolute Gasteiger partial charge is 0.494 e. The summed E-state index contributed by atoms with van der Waals surface area (Å²) in [7, 11) is 0. The molecule has 3 heteroatoms. The predicted octanol–water partition coefficient (Wildman–Crippen LogP) is 3.62. The maximum Gasteiger partial charge on any atom is 0.150 e. The number of hydrogen-bond acceptors (Lipinski definition) is 2. The number of carbonyl (C=O) groups excluding carboxylic acids is 1. The lowest BCUT2D eigenvalue weighted by molar-refractivity contribution is 0.112. The zero-order chi connectivity index (χ0) is 11.8. The molecule has 0 radical (unpaired) electrons. The van der Waals surface area contributed by atoms with Gasteiger partial charge in [-0.1, -0.05) is 28.9 Å². The number of aryl methyl sites for hydroxylation is 1. The molecule has 0 spiro atoms. The van der Waals surface area contributed by atoms with Crippen LogP contribution in [-0.2, 0) is 6.42 Å². The van der Waals surface area contributed by atoms with Crippen LogP contribution < -0.4 is 4.74 Å². The van der Waals surface area contributed by atoms with Crippen molar-refractivity contribution in [3.8, 4) is 5.75 Å². The highest BCUT2D eigenvalue weighted by Gasteiger charge is 2.02. The number of halogens is 1. The Morgan fingerprint density at radius 2 is 2.19 bits per heavy atom. The molecular weight excluding hydrogens is 268 g/mol. The zero-order valence-electron chi connectivity index (χ0n) is 9.54. The zero-order valence-corrected chi connectivity index (χ0v) is 11.1. The molecule has 0 bridgehead atoms.